The van der Waals surface area contributed by atoms with Gasteiger partial charge in [-0.25, -0.2) is 0 Å². The molecule has 0 spiro atoms. The van der Waals surface area contributed by atoms with Crippen LogP contribution in [0.15, 0.2) is 36.0 Å². The van der Waals surface area contributed by atoms with Gasteiger partial charge in [0.1, 0.15) is 0 Å². The monoisotopic (exact) mass is 300 g/mol. The molecule has 7 atom stereocenters. The zero-order chi connectivity index (χ0) is 15.7. The zero-order valence-electron chi connectivity index (χ0n) is 13.8. The highest BCUT2D eigenvalue weighted by Gasteiger charge is 2.58. The van der Waals surface area contributed by atoms with Crippen LogP contribution in [-0.4, -0.2) is 22.4 Å². The van der Waals surface area contributed by atoms with E-state index in [-0.39, 0.29) is 16.9 Å². The zero-order valence-corrected chi connectivity index (χ0v) is 13.8. The first-order valence-electron chi connectivity index (χ1n) is 8.81. The summed E-state index contributed by atoms with van der Waals surface area (Å²) in [7, 11) is 0. The summed E-state index contributed by atoms with van der Waals surface area (Å²) in [6, 6.07) is 0. The van der Waals surface area contributed by atoms with Crippen molar-refractivity contribution in [2.45, 2.75) is 58.2 Å². The Morgan fingerprint density at radius 1 is 1.14 bits per heavy atom. The Morgan fingerprint density at radius 2 is 1.91 bits per heavy atom. The molecule has 2 heteroatoms. The van der Waals surface area contributed by atoms with Crippen molar-refractivity contribution in [3.8, 4) is 0 Å². The molecule has 0 aliphatic heterocycles. The molecule has 0 radical (unpaired) electrons. The molecule has 2 saturated carbocycles. The van der Waals surface area contributed by atoms with E-state index in [0.29, 0.717) is 17.8 Å². The molecule has 2 N–H and O–H groups in total. The molecule has 2 fully saturated rings. The molecule has 22 heavy (non-hydrogen) atoms. The van der Waals surface area contributed by atoms with E-state index < -0.39 is 6.10 Å². The Labute approximate surface area is 133 Å². The van der Waals surface area contributed by atoms with Crippen molar-refractivity contribution in [1.82, 2.24) is 0 Å². The van der Waals surface area contributed by atoms with Crippen LogP contribution in [0.25, 0.3) is 0 Å². The van der Waals surface area contributed by atoms with Gasteiger partial charge in [0.15, 0.2) is 0 Å². The number of aliphatic hydroxyl groups is 2. The van der Waals surface area contributed by atoms with Crippen LogP contribution in [0.5, 0.6) is 0 Å². The van der Waals surface area contributed by atoms with Crippen molar-refractivity contribution in [3.63, 3.8) is 0 Å². The molecule has 2 nitrogen and oxygen atoms in total. The summed E-state index contributed by atoms with van der Waals surface area (Å²) < 4.78 is 0. The maximum atomic E-state index is 10.5. The molecule has 0 heterocycles. The van der Waals surface area contributed by atoms with E-state index in [1.165, 1.54) is 5.57 Å². The summed E-state index contributed by atoms with van der Waals surface area (Å²) >= 11 is 0. The first kappa shape index (κ1) is 14.7. The molecule has 4 aliphatic rings. The van der Waals surface area contributed by atoms with E-state index >= 15 is 0 Å². The number of hydrogen-bond acceptors (Lipinski definition) is 2. The third-order valence-corrected chi connectivity index (χ3v) is 7.64. The summed E-state index contributed by atoms with van der Waals surface area (Å²) in [5, 5.41) is 20.8. The van der Waals surface area contributed by atoms with Gasteiger partial charge in [-0.2, -0.15) is 0 Å². The molecule has 0 aromatic heterocycles. The van der Waals surface area contributed by atoms with E-state index in [1.54, 1.807) is 0 Å². The van der Waals surface area contributed by atoms with Gasteiger partial charge in [-0.1, -0.05) is 38.7 Å². The summed E-state index contributed by atoms with van der Waals surface area (Å²) in [6.45, 7) is 8.64. The van der Waals surface area contributed by atoms with E-state index in [9.17, 15) is 10.2 Å². The van der Waals surface area contributed by atoms with Crippen molar-refractivity contribution in [2.24, 2.45) is 28.6 Å². The standard InChI is InChI=1S/C20H28O2/c1-12-10-13-4-5-14-15-6-7-18(22)19(15,2)9-8-16(14)20(13,3)11-17(12)21/h4-5,10,14-18,21-22H,1,6-9,11H2,2-3H3/t14-,15-,16+,17?,18?,19-,20-/m0/s1. The summed E-state index contributed by atoms with van der Waals surface area (Å²) in [5.74, 6) is 1.74. The van der Waals surface area contributed by atoms with Gasteiger partial charge in [0.05, 0.1) is 12.2 Å². The van der Waals surface area contributed by atoms with Crippen molar-refractivity contribution >= 4 is 0 Å². The Kier molecular flexibility index (Phi) is 3.06. The Hall–Kier alpha value is -0.860. The third kappa shape index (κ3) is 1.74. The van der Waals surface area contributed by atoms with Crippen LogP contribution >= 0.6 is 0 Å². The van der Waals surface area contributed by atoms with E-state index in [4.69, 9.17) is 0 Å². The topological polar surface area (TPSA) is 40.5 Å². The molecule has 0 saturated heterocycles. The molecule has 0 aromatic carbocycles. The largest absolute Gasteiger partial charge is 0.393 e. The third-order valence-electron chi connectivity index (χ3n) is 7.64. The highest BCUT2D eigenvalue weighted by molar-refractivity contribution is 5.43. The van der Waals surface area contributed by atoms with Crippen LogP contribution < -0.4 is 0 Å². The van der Waals surface area contributed by atoms with Crippen molar-refractivity contribution in [2.75, 3.05) is 0 Å². The quantitative estimate of drug-likeness (QED) is 0.717. The van der Waals surface area contributed by atoms with E-state index in [0.717, 1.165) is 37.7 Å². The Balaban J connectivity index is 1.75. The van der Waals surface area contributed by atoms with Crippen molar-refractivity contribution in [1.29, 1.82) is 0 Å². The highest BCUT2D eigenvalue weighted by Crippen LogP contribution is 2.63. The average molecular weight is 300 g/mol. The van der Waals surface area contributed by atoms with Crippen LogP contribution in [0.2, 0.25) is 0 Å². The Bertz CT molecular complexity index is 574. The summed E-state index contributed by atoms with van der Waals surface area (Å²) in [5.41, 5.74) is 2.37. The summed E-state index contributed by atoms with van der Waals surface area (Å²) in [4.78, 5) is 0. The lowest BCUT2D eigenvalue weighted by Crippen LogP contribution is -2.50. The fourth-order valence-electron chi connectivity index (χ4n) is 6.11. The lowest BCUT2D eigenvalue weighted by Gasteiger charge is -2.56. The number of rotatable bonds is 0. The minimum Gasteiger partial charge on any atom is -0.393 e. The predicted molar refractivity (Wildman–Crippen MR) is 88.1 cm³/mol. The van der Waals surface area contributed by atoms with Gasteiger partial charge in [0.2, 0.25) is 0 Å². The molecule has 4 rings (SSSR count). The first-order valence-corrected chi connectivity index (χ1v) is 8.81. The highest BCUT2D eigenvalue weighted by atomic mass is 16.3. The van der Waals surface area contributed by atoms with Crippen LogP contribution in [0.1, 0.15) is 46.0 Å². The fourth-order valence-corrected chi connectivity index (χ4v) is 6.11. The van der Waals surface area contributed by atoms with E-state index in [1.807, 2.05) is 0 Å². The maximum Gasteiger partial charge on any atom is 0.0793 e. The molecule has 120 valence electrons. The van der Waals surface area contributed by atoms with Crippen molar-refractivity contribution in [3.05, 3.63) is 36.0 Å². The SMILES string of the molecule is C=C1C=C2C=C[C@@H]3[C@@H](CC[C@]4(C)C(O)CC[C@@H]34)[C@@]2(C)CC1O. The van der Waals surface area contributed by atoms with Gasteiger partial charge < -0.3 is 10.2 Å². The van der Waals surface area contributed by atoms with Crippen LogP contribution in [0, 0.1) is 28.6 Å². The van der Waals surface area contributed by atoms with Crippen LogP contribution in [0.3, 0.4) is 0 Å². The second-order valence-corrected chi connectivity index (χ2v) is 8.60. The van der Waals surface area contributed by atoms with Crippen LogP contribution in [-0.2, 0) is 0 Å². The lowest BCUT2D eigenvalue weighted by atomic mass is 9.49. The van der Waals surface area contributed by atoms with Crippen LogP contribution in [0.4, 0.5) is 0 Å². The molecule has 0 amide bonds. The van der Waals surface area contributed by atoms with Gasteiger partial charge in [-0.15, -0.1) is 0 Å². The lowest BCUT2D eigenvalue weighted by molar-refractivity contribution is -0.0526. The van der Waals surface area contributed by atoms with E-state index in [2.05, 4.69) is 38.7 Å². The normalized spacial score (nSPS) is 53.5. The van der Waals surface area contributed by atoms with Gasteiger partial charge in [-0.05, 0) is 71.8 Å². The van der Waals surface area contributed by atoms with Crippen molar-refractivity contribution < 1.29 is 10.2 Å². The number of hydrogen-bond donors (Lipinski definition) is 2. The van der Waals surface area contributed by atoms with Gasteiger partial charge >= 0.3 is 0 Å². The molecule has 0 bridgehead atoms. The maximum absolute atomic E-state index is 10.5. The smallest absolute Gasteiger partial charge is 0.0793 e. The Morgan fingerprint density at radius 3 is 2.68 bits per heavy atom. The minimum absolute atomic E-state index is 0.0644. The molecule has 0 aromatic rings. The number of allylic oxidation sites excluding steroid dienone is 3. The van der Waals surface area contributed by atoms with Gasteiger partial charge in [0.25, 0.3) is 0 Å². The average Bonchev–Trinajstić information content (AvgIpc) is 2.77. The predicted octanol–water partition coefficient (Wildman–Crippen LogP) is 3.61. The molecule has 2 unspecified atom stereocenters. The number of aliphatic hydroxyl groups excluding tert-OH is 2. The number of fused-ring (bicyclic) bond motifs is 5. The van der Waals surface area contributed by atoms with Gasteiger partial charge in [-0.3, -0.25) is 0 Å². The van der Waals surface area contributed by atoms with Gasteiger partial charge in [0, 0.05) is 0 Å². The second-order valence-electron chi connectivity index (χ2n) is 8.60. The molecule has 4 aliphatic carbocycles. The fraction of sp³-hybridized carbons (Fsp3) is 0.700. The molecular weight excluding hydrogens is 272 g/mol. The first-order chi connectivity index (χ1) is 10.4. The minimum atomic E-state index is -0.400. The summed E-state index contributed by atoms with van der Waals surface area (Å²) in [6.07, 6.45) is 11.5. The molecular formula is C20H28O2. The second kappa shape index (κ2) is 4.58.